The molecule has 3 aromatic rings. The van der Waals surface area contributed by atoms with E-state index in [2.05, 4.69) is 47.7 Å². The lowest BCUT2D eigenvalue weighted by molar-refractivity contribution is -0.121. The van der Waals surface area contributed by atoms with Crippen LogP contribution >= 0.6 is 11.3 Å². The van der Waals surface area contributed by atoms with E-state index in [0.29, 0.717) is 12.8 Å². The number of nitrogens with one attached hydrogen (secondary N) is 1. The van der Waals surface area contributed by atoms with Crippen LogP contribution in [0, 0.1) is 13.8 Å². The molecule has 1 atom stereocenters. The third kappa shape index (κ3) is 4.86. The molecular formula is C22H26N2O2S. The zero-order valence-corrected chi connectivity index (χ0v) is 16.9. The van der Waals surface area contributed by atoms with Crippen LogP contribution in [-0.4, -0.2) is 11.1 Å². The first-order valence-electron chi connectivity index (χ1n) is 9.41. The van der Waals surface area contributed by atoms with Crippen LogP contribution < -0.4 is 5.32 Å². The second kappa shape index (κ2) is 9.00. The van der Waals surface area contributed by atoms with Crippen LogP contribution in [-0.2, 0) is 17.6 Å². The minimum absolute atomic E-state index is 0.0334. The Morgan fingerprint density at radius 1 is 1.19 bits per heavy atom. The normalized spacial score (nSPS) is 12.1. The first kappa shape index (κ1) is 19.4. The first-order chi connectivity index (χ1) is 13.1. The predicted molar refractivity (Wildman–Crippen MR) is 109 cm³/mol. The summed E-state index contributed by atoms with van der Waals surface area (Å²) in [4.78, 5) is 13.8. The topological polar surface area (TPSA) is 55.1 Å². The van der Waals surface area contributed by atoms with Crippen molar-refractivity contribution in [3.63, 3.8) is 0 Å². The van der Waals surface area contributed by atoms with Crippen LogP contribution in [0.4, 0.5) is 0 Å². The third-order valence-electron chi connectivity index (χ3n) is 4.77. The second-order valence-electron chi connectivity index (χ2n) is 6.81. The second-order valence-corrected chi connectivity index (χ2v) is 7.79. The van der Waals surface area contributed by atoms with Gasteiger partial charge in [-0.25, -0.2) is 0 Å². The molecule has 0 saturated carbocycles. The van der Waals surface area contributed by atoms with Gasteiger partial charge in [0, 0.05) is 16.9 Å². The van der Waals surface area contributed by atoms with Gasteiger partial charge < -0.3 is 9.84 Å². The number of aryl methyl sites for hydroxylation is 3. The molecular weight excluding hydrogens is 356 g/mol. The van der Waals surface area contributed by atoms with Gasteiger partial charge in [-0.05, 0) is 49.3 Å². The van der Waals surface area contributed by atoms with Crippen LogP contribution in [0.5, 0.6) is 0 Å². The van der Waals surface area contributed by atoms with Crippen molar-refractivity contribution in [3.8, 4) is 0 Å². The Kier molecular flexibility index (Phi) is 6.45. The summed E-state index contributed by atoms with van der Waals surface area (Å²) < 4.78 is 5.19. The fraction of sp³-hybridized carbons (Fsp3) is 0.364. The van der Waals surface area contributed by atoms with Gasteiger partial charge in [0.25, 0.3) is 0 Å². The molecule has 1 unspecified atom stereocenters. The van der Waals surface area contributed by atoms with Gasteiger partial charge in [0.2, 0.25) is 5.91 Å². The van der Waals surface area contributed by atoms with Gasteiger partial charge in [0.05, 0.1) is 11.7 Å². The van der Waals surface area contributed by atoms with Gasteiger partial charge in [-0.3, -0.25) is 4.79 Å². The summed E-state index contributed by atoms with van der Waals surface area (Å²) in [6, 6.07) is 12.6. The number of carbonyl (C=O) groups excluding carboxylic acids is 1. The van der Waals surface area contributed by atoms with E-state index < -0.39 is 0 Å². The van der Waals surface area contributed by atoms with E-state index in [0.717, 1.165) is 40.3 Å². The number of amides is 1. The number of hydrogen-bond donors (Lipinski definition) is 1. The molecule has 0 spiro atoms. The molecule has 1 N–H and O–H groups in total. The average molecular weight is 383 g/mol. The lowest BCUT2D eigenvalue weighted by Gasteiger charge is -2.18. The SMILES string of the molecule is CCCc1ccc(C(NC(=O)CCc2c(C)noc2C)c2cccs2)cc1. The van der Waals surface area contributed by atoms with E-state index in [4.69, 9.17) is 4.52 Å². The number of nitrogens with zero attached hydrogens (tertiary/aromatic N) is 1. The molecule has 1 aromatic carbocycles. The zero-order valence-electron chi connectivity index (χ0n) is 16.1. The molecule has 1 amide bonds. The van der Waals surface area contributed by atoms with Crippen molar-refractivity contribution in [2.75, 3.05) is 0 Å². The maximum Gasteiger partial charge on any atom is 0.221 e. The third-order valence-corrected chi connectivity index (χ3v) is 5.71. The summed E-state index contributed by atoms with van der Waals surface area (Å²) in [6.07, 6.45) is 3.26. The molecule has 3 rings (SSSR count). The van der Waals surface area contributed by atoms with Crippen molar-refractivity contribution >= 4 is 17.2 Å². The van der Waals surface area contributed by atoms with E-state index >= 15 is 0 Å². The summed E-state index contributed by atoms with van der Waals surface area (Å²) >= 11 is 1.66. The molecule has 4 nitrogen and oxygen atoms in total. The predicted octanol–water partition coefficient (Wildman–Crippen LogP) is 5.14. The monoisotopic (exact) mass is 382 g/mol. The summed E-state index contributed by atoms with van der Waals surface area (Å²) in [5.74, 6) is 0.827. The molecule has 0 radical (unpaired) electrons. The summed E-state index contributed by atoms with van der Waals surface area (Å²) in [5, 5.41) is 9.22. The molecule has 0 saturated heterocycles. The summed E-state index contributed by atoms with van der Waals surface area (Å²) in [7, 11) is 0. The molecule has 27 heavy (non-hydrogen) atoms. The van der Waals surface area contributed by atoms with E-state index in [9.17, 15) is 4.79 Å². The minimum atomic E-state index is -0.113. The lowest BCUT2D eigenvalue weighted by Crippen LogP contribution is -2.29. The maximum absolute atomic E-state index is 12.7. The van der Waals surface area contributed by atoms with Gasteiger partial charge in [-0.2, -0.15) is 0 Å². The summed E-state index contributed by atoms with van der Waals surface area (Å²) in [5.41, 5.74) is 4.34. The number of thiophene rings is 1. The van der Waals surface area contributed by atoms with Crippen molar-refractivity contribution in [2.24, 2.45) is 0 Å². The van der Waals surface area contributed by atoms with Gasteiger partial charge >= 0.3 is 0 Å². The highest BCUT2D eigenvalue weighted by molar-refractivity contribution is 7.10. The van der Waals surface area contributed by atoms with Crippen LogP contribution in [0.3, 0.4) is 0 Å². The molecule has 0 bridgehead atoms. The average Bonchev–Trinajstić information content (AvgIpc) is 3.30. The largest absolute Gasteiger partial charge is 0.361 e. The van der Waals surface area contributed by atoms with E-state index in [1.807, 2.05) is 25.3 Å². The Bertz CT molecular complexity index is 847. The highest BCUT2D eigenvalue weighted by Crippen LogP contribution is 2.27. The molecule has 5 heteroatoms. The fourth-order valence-corrected chi connectivity index (χ4v) is 4.07. The van der Waals surface area contributed by atoms with Crippen molar-refractivity contribution in [3.05, 3.63) is 74.8 Å². The Labute approximate surface area is 164 Å². The number of carbonyl (C=O) groups is 1. The minimum Gasteiger partial charge on any atom is -0.361 e. The Balaban J connectivity index is 1.71. The van der Waals surface area contributed by atoms with Crippen LogP contribution in [0.25, 0.3) is 0 Å². The smallest absolute Gasteiger partial charge is 0.221 e. The molecule has 2 heterocycles. The molecule has 2 aromatic heterocycles. The first-order valence-corrected chi connectivity index (χ1v) is 10.3. The van der Waals surface area contributed by atoms with Crippen LogP contribution in [0.1, 0.15) is 58.8 Å². The van der Waals surface area contributed by atoms with E-state index in [1.165, 1.54) is 5.56 Å². The maximum atomic E-state index is 12.7. The molecule has 0 aliphatic carbocycles. The number of hydrogen-bond acceptors (Lipinski definition) is 4. The van der Waals surface area contributed by atoms with Crippen molar-refractivity contribution in [1.29, 1.82) is 0 Å². The van der Waals surface area contributed by atoms with Gasteiger partial charge in [-0.15, -0.1) is 11.3 Å². The highest BCUT2D eigenvalue weighted by Gasteiger charge is 2.19. The van der Waals surface area contributed by atoms with E-state index in [-0.39, 0.29) is 11.9 Å². The van der Waals surface area contributed by atoms with Gasteiger partial charge in [0.1, 0.15) is 5.76 Å². The molecule has 0 fully saturated rings. The zero-order chi connectivity index (χ0) is 19.2. The summed E-state index contributed by atoms with van der Waals surface area (Å²) in [6.45, 7) is 5.98. The Morgan fingerprint density at radius 2 is 1.96 bits per heavy atom. The Morgan fingerprint density at radius 3 is 2.56 bits per heavy atom. The fourth-order valence-electron chi connectivity index (χ4n) is 3.27. The van der Waals surface area contributed by atoms with Crippen molar-refractivity contribution in [1.82, 2.24) is 10.5 Å². The standard InChI is InChI=1S/C22H26N2O2S/c1-4-6-17-8-10-18(11-9-17)22(20-7-5-14-27-20)23-21(25)13-12-19-15(2)24-26-16(19)3/h5,7-11,14,22H,4,6,12-13H2,1-3H3,(H,23,25). The quantitative estimate of drug-likeness (QED) is 0.586. The van der Waals surface area contributed by atoms with Gasteiger partial charge in [0.15, 0.2) is 0 Å². The molecule has 0 aliphatic rings. The van der Waals surface area contributed by atoms with Crippen molar-refractivity contribution in [2.45, 2.75) is 52.5 Å². The molecule has 0 aliphatic heterocycles. The van der Waals surface area contributed by atoms with Crippen LogP contribution in [0.15, 0.2) is 46.3 Å². The number of rotatable bonds is 8. The number of aromatic nitrogens is 1. The van der Waals surface area contributed by atoms with Crippen LogP contribution in [0.2, 0.25) is 0 Å². The lowest BCUT2D eigenvalue weighted by atomic mass is 10.0. The number of benzene rings is 1. The highest BCUT2D eigenvalue weighted by atomic mass is 32.1. The Hall–Kier alpha value is -2.40. The van der Waals surface area contributed by atoms with Gasteiger partial charge in [-0.1, -0.05) is 48.8 Å². The molecule has 142 valence electrons. The van der Waals surface area contributed by atoms with Crippen molar-refractivity contribution < 1.29 is 9.32 Å². The van der Waals surface area contributed by atoms with E-state index in [1.54, 1.807) is 11.3 Å².